The van der Waals surface area contributed by atoms with Crippen LogP contribution < -0.4 is 0 Å². The highest BCUT2D eigenvalue weighted by atomic mass is 15.2. The summed E-state index contributed by atoms with van der Waals surface area (Å²) in [5, 5.41) is 0. The molecule has 0 heterocycles. The highest BCUT2D eigenvalue weighted by Gasteiger charge is 2.20. The molecule has 1 nitrogen and oxygen atoms in total. The second-order valence-corrected chi connectivity index (χ2v) is 5.13. The van der Waals surface area contributed by atoms with Crippen LogP contribution in [0.3, 0.4) is 0 Å². The summed E-state index contributed by atoms with van der Waals surface area (Å²) in [6.45, 7) is 9.24. The van der Waals surface area contributed by atoms with Crippen LogP contribution in [0.25, 0.3) is 0 Å². The zero-order chi connectivity index (χ0) is 12.4. The van der Waals surface area contributed by atoms with Gasteiger partial charge in [0.1, 0.15) is 0 Å². The fourth-order valence-electron chi connectivity index (χ4n) is 2.73. The molecule has 0 aliphatic heterocycles. The van der Waals surface area contributed by atoms with E-state index in [4.69, 9.17) is 0 Å². The molecule has 0 aromatic carbocycles. The second-order valence-electron chi connectivity index (χ2n) is 5.13. The zero-order valence-electron chi connectivity index (χ0n) is 12.3. The Morgan fingerprint density at radius 2 is 0.875 bits per heavy atom. The van der Waals surface area contributed by atoms with Crippen LogP contribution in [0.5, 0.6) is 0 Å². The molecule has 0 aliphatic rings. The normalized spacial score (nSPS) is 12.0. The molecule has 0 aliphatic carbocycles. The van der Waals surface area contributed by atoms with Gasteiger partial charge in [-0.2, -0.15) is 0 Å². The first kappa shape index (κ1) is 16.0. The number of hydrogen-bond donors (Lipinski definition) is 0. The number of rotatable bonds is 10. The van der Waals surface area contributed by atoms with Crippen molar-refractivity contribution >= 4 is 0 Å². The standard InChI is InChI=1S/C15H33N/c1-6-10-14(11-7-2)16(5)15(12-8-3)13-9-4/h14-15H,6-13H2,1-5H3. The summed E-state index contributed by atoms with van der Waals surface area (Å²) < 4.78 is 0. The van der Waals surface area contributed by atoms with Gasteiger partial charge in [0.2, 0.25) is 0 Å². The van der Waals surface area contributed by atoms with Gasteiger partial charge in [-0.15, -0.1) is 0 Å². The van der Waals surface area contributed by atoms with Crippen LogP contribution in [-0.2, 0) is 0 Å². The smallest absolute Gasteiger partial charge is 0.00949 e. The Morgan fingerprint density at radius 1 is 0.625 bits per heavy atom. The van der Waals surface area contributed by atoms with E-state index in [0.717, 1.165) is 12.1 Å². The fourth-order valence-corrected chi connectivity index (χ4v) is 2.73. The van der Waals surface area contributed by atoms with Crippen molar-refractivity contribution in [3.8, 4) is 0 Å². The first-order chi connectivity index (χ1) is 7.71. The van der Waals surface area contributed by atoms with Gasteiger partial charge in [-0.25, -0.2) is 0 Å². The molecule has 0 atom stereocenters. The Morgan fingerprint density at radius 3 is 1.06 bits per heavy atom. The van der Waals surface area contributed by atoms with Crippen LogP contribution in [0.4, 0.5) is 0 Å². The van der Waals surface area contributed by atoms with Gasteiger partial charge in [0.05, 0.1) is 0 Å². The minimum Gasteiger partial charge on any atom is -0.300 e. The van der Waals surface area contributed by atoms with Gasteiger partial charge in [-0.1, -0.05) is 53.4 Å². The van der Waals surface area contributed by atoms with E-state index in [0.29, 0.717) is 0 Å². The summed E-state index contributed by atoms with van der Waals surface area (Å²) in [6.07, 6.45) is 10.8. The zero-order valence-corrected chi connectivity index (χ0v) is 12.3. The predicted octanol–water partition coefficient (Wildman–Crippen LogP) is 4.86. The highest BCUT2D eigenvalue weighted by Crippen LogP contribution is 2.20. The van der Waals surface area contributed by atoms with Crippen LogP contribution in [0.1, 0.15) is 79.1 Å². The molecule has 0 amide bonds. The monoisotopic (exact) mass is 227 g/mol. The maximum absolute atomic E-state index is 2.68. The second kappa shape index (κ2) is 10.1. The van der Waals surface area contributed by atoms with Crippen LogP contribution >= 0.6 is 0 Å². The maximum Gasteiger partial charge on any atom is 0.00949 e. The van der Waals surface area contributed by atoms with Crippen molar-refractivity contribution in [2.75, 3.05) is 7.05 Å². The average molecular weight is 227 g/mol. The molecule has 0 aromatic heterocycles. The molecule has 0 saturated carbocycles. The summed E-state index contributed by atoms with van der Waals surface area (Å²) in [7, 11) is 2.35. The Hall–Kier alpha value is -0.0400. The van der Waals surface area contributed by atoms with E-state index in [1.54, 1.807) is 0 Å². The third kappa shape index (κ3) is 5.89. The van der Waals surface area contributed by atoms with E-state index in [1.807, 2.05) is 0 Å². The van der Waals surface area contributed by atoms with Crippen molar-refractivity contribution in [3.63, 3.8) is 0 Å². The Labute approximate surface area is 104 Å². The van der Waals surface area contributed by atoms with Gasteiger partial charge in [-0.05, 0) is 32.7 Å². The van der Waals surface area contributed by atoms with Crippen LogP contribution in [0.15, 0.2) is 0 Å². The lowest BCUT2D eigenvalue weighted by molar-refractivity contribution is 0.138. The molecule has 0 bridgehead atoms. The topological polar surface area (TPSA) is 3.24 Å². The highest BCUT2D eigenvalue weighted by molar-refractivity contribution is 4.76. The fraction of sp³-hybridized carbons (Fsp3) is 1.00. The van der Waals surface area contributed by atoms with Gasteiger partial charge < -0.3 is 4.90 Å². The molecular formula is C15H33N. The Balaban J connectivity index is 4.31. The predicted molar refractivity (Wildman–Crippen MR) is 75.0 cm³/mol. The van der Waals surface area contributed by atoms with E-state index in [2.05, 4.69) is 39.6 Å². The van der Waals surface area contributed by atoms with Crippen molar-refractivity contribution in [1.82, 2.24) is 4.90 Å². The molecule has 98 valence electrons. The Kier molecular flexibility index (Phi) is 10.1. The summed E-state index contributed by atoms with van der Waals surface area (Å²) in [5.74, 6) is 0. The van der Waals surface area contributed by atoms with Gasteiger partial charge in [0, 0.05) is 12.1 Å². The van der Waals surface area contributed by atoms with Crippen LogP contribution in [0.2, 0.25) is 0 Å². The Bertz CT molecular complexity index is 116. The maximum atomic E-state index is 2.68. The lowest BCUT2D eigenvalue weighted by Crippen LogP contribution is -2.40. The van der Waals surface area contributed by atoms with E-state index in [1.165, 1.54) is 51.4 Å². The first-order valence-corrected chi connectivity index (χ1v) is 7.43. The molecule has 0 N–H and O–H groups in total. The lowest BCUT2D eigenvalue weighted by Gasteiger charge is -2.35. The van der Waals surface area contributed by atoms with E-state index in [9.17, 15) is 0 Å². The van der Waals surface area contributed by atoms with Crippen molar-refractivity contribution in [2.24, 2.45) is 0 Å². The molecule has 0 aromatic rings. The molecule has 0 radical (unpaired) electrons. The molecule has 0 rings (SSSR count). The summed E-state index contributed by atoms with van der Waals surface area (Å²) in [6, 6.07) is 1.64. The molecule has 0 spiro atoms. The van der Waals surface area contributed by atoms with Crippen LogP contribution in [-0.4, -0.2) is 24.0 Å². The van der Waals surface area contributed by atoms with Crippen LogP contribution in [0, 0.1) is 0 Å². The van der Waals surface area contributed by atoms with Gasteiger partial charge in [0.25, 0.3) is 0 Å². The van der Waals surface area contributed by atoms with Gasteiger partial charge in [-0.3, -0.25) is 0 Å². The van der Waals surface area contributed by atoms with Gasteiger partial charge in [0.15, 0.2) is 0 Å². The third-order valence-corrected chi connectivity index (χ3v) is 3.64. The molecule has 16 heavy (non-hydrogen) atoms. The SMILES string of the molecule is CCCC(CCC)N(C)C(CCC)CCC. The van der Waals surface area contributed by atoms with E-state index < -0.39 is 0 Å². The van der Waals surface area contributed by atoms with E-state index in [-0.39, 0.29) is 0 Å². The van der Waals surface area contributed by atoms with Crippen molar-refractivity contribution in [1.29, 1.82) is 0 Å². The largest absolute Gasteiger partial charge is 0.300 e. The third-order valence-electron chi connectivity index (χ3n) is 3.64. The molecule has 0 unspecified atom stereocenters. The van der Waals surface area contributed by atoms with Gasteiger partial charge >= 0.3 is 0 Å². The minimum absolute atomic E-state index is 0.818. The molecule has 0 saturated heterocycles. The summed E-state index contributed by atoms with van der Waals surface area (Å²) >= 11 is 0. The lowest BCUT2D eigenvalue weighted by atomic mass is 9.99. The number of nitrogens with zero attached hydrogens (tertiary/aromatic N) is 1. The molecule has 1 heteroatoms. The van der Waals surface area contributed by atoms with Crippen molar-refractivity contribution in [3.05, 3.63) is 0 Å². The summed E-state index contributed by atoms with van der Waals surface area (Å²) in [4.78, 5) is 2.68. The molecular weight excluding hydrogens is 194 g/mol. The number of hydrogen-bond acceptors (Lipinski definition) is 1. The first-order valence-electron chi connectivity index (χ1n) is 7.43. The quantitative estimate of drug-likeness (QED) is 0.515. The van der Waals surface area contributed by atoms with Crippen molar-refractivity contribution in [2.45, 2.75) is 91.1 Å². The van der Waals surface area contributed by atoms with E-state index >= 15 is 0 Å². The summed E-state index contributed by atoms with van der Waals surface area (Å²) in [5.41, 5.74) is 0. The molecule has 0 fully saturated rings. The van der Waals surface area contributed by atoms with Crippen molar-refractivity contribution < 1.29 is 0 Å². The average Bonchev–Trinajstić information content (AvgIpc) is 2.27. The minimum atomic E-state index is 0.818.